The summed E-state index contributed by atoms with van der Waals surface area (Å²) in [4.78, 5) is 27.9. The number of amides is 1. The zero-order valence-electron chi connectivity index (χ0n) is 14.0. The molecule has 0 spiro atoms. The van der Waals surface area contributed by atoms with Gasteiger partial charge in [0.2, 0.25) is 0 Å². The van der Waals surface area contributed by atoms with Crippen LogP contribution in [0.25, 0.3) is 0 Å². The summed E-state index contributed by atoms with van der Waals surface area (Å²) in [5.41, 5.74) is 0.546. The van der Waals surface area contributed by atoms with Gasteiger partial charge in [0.1, 0.15) is 0 Å². The Morgan fingerprint density at radius 2 is 1.92 bits per heavy atom. The minimum atomic E-state index is -0.444. The summed E-state index contributed by atoms with van der Waals surface area (Å²) in [6.07, 6.45) is 0.0593. The smallest absolute Gasteiger partial charge is 0.308 e. The lowest BCUT2D eigenvalue weighted by Crippen LogP contribution is -2.34. The highest BCUT2D eigenvalue weighted by Crippen LogP contribution is 2.10. The van der Waals surface area contributed by atoms with Gasteiger partial charge in [0, 0.05) is 17.5 Å². The SMILES string of the molecule is CC(CC(=O)OCc1nc(C(C)C)no1)NC(=O)c1ccccc1. The maximum atomic E-state index is 12.0. The van der Waals surface area contributed by atoms with E-state index in [1.165, 1.54) is 0 Å². The quantitative estimate of drug-likeness (QED) is 0.783. The minimum Gasteiger partial charge on any atom is -0.455 e. The van der Waals surface area contributed by atoms with E-state index in [-0.39, 0.29) is 36.8 Å². The van der Waals surface area contributed by atoms with E-state index < -0.39 is 5.97 Å². The number of hydrogen-bond acceptors (Lipinski definition) is 6. The zero-order valence-corrected chi connectivity index (χ0v) is 14.0. The molecule has 0 saturated carbocycles. The normalized spacial score (nSPS) is 12.0. The number of carbonyl (C=O) groups excluding carboxylic acids is 2. The van der Waals surface area contributed by atoms with E-state index in [4.69, 9.17) is 9.26 Å². The number of nitrogens with one attached hydrogen (secondary N) is 1. The summed E-state index contributed by atoms with van der Waals surface area (Å²) in [5.74, 6) is 0.304. The van der Waals surface area contributed by atoms with Crippen LogP contribution in [0.4, 0.5) is 0 Å². The lowest BCUT2D eigenvalue weighted by atomic mass is 10.2. The molecule has 24 heavy (non-hydrogen) atoms. The highest BCUT2D eigenvalue weighted by atomic mass is 16.6. The first-order chi connectivity index (χ1) is 11.5. The van der Waals surface area contributed by atoms with Crippen molar-refractivity contribution < 1.29 is 18.8 Å². The molecule has 0 aliphatic carbocycles. The van der Waals surface area contributed by atoms with Crippen LogP contribution in [0.5, 0.6) is 0 Å². The van der Waals surface area contributed by atoms with Gasteiger partial charge in [-0.2, -0.15) is 4.98 Å². The van der Waals surface area contributed by atoms with Crippen LogP contribution < -0.4 is 5.32 Å². The van der Waals surface area contributed by atoms with Crippen LogP contribution >= 0.6 is 0 Å². The summed E-state index contributed by atoms with van der Waals surface area (Å²) in [6.45, 7) is 5.55. The molecule has 1 N–H and O–H groups in total. The largest absolute Gasteiger partial charge is 0.455 e. The standard InChI is InChI=1S/C17H21N3O4/c1-11(2)16-19-14(24-20-16)10-23-15(21)9-12(3)18-17(22)13-7-5-4-6-8-13/h4-8,11-12H,9-10H2,1-3H3,(H,18,22). The van der Waals surface area contributed by atoms with E-state index in [9.17, 15) is 9.59 Å². The summed E-state index contributed by atoms with van der Waals surface area (Å²) < 4.78 is 10.1. The second-order valence-corrected chi connectivity index (χ2v) is 5.81. The molecule has 2 rings (SSSR count). The average Bonchev–Trinajstić information content (AvgIpc) is 3.03. The molecular weight excluding hydrogens is 310 g/mol. The number of ether oxygens (including phenoxy) is 1. The lowest BCUT2D eigenvalue weighted by Gasteiger charge is -2.13. The van der Waals surface area contributed by atoms with E-state index >= 15 is 0 Å². The first-order valence-electron chi connectivity index (χ1n) is 7.79. The van der Waals surface area contributed by atoms with Crippen LogP contribution in [0.2, 0.25) is 0 Å². The average molecular weight is 331 g/mol. The molecule has 1 atom stereocenters. The number of aromatic nitrogens is 2. The van der Waals surface area contributed by atoms with Gasteiger partial charge in [0.15, 0.2) is 12.4 Å². The van der Waals surface area contributed by atoms with E-state index in [1.807, 2.05) is 19.9 Å². The Labute approximate surface area is 140 Å². The van der Waals surface area contributed by atoms with Gasteiger partial charge in [-0.3, -0.25) is 9.59 Å². The van der Waals surface area contributed by atoms with Crippen molar-refractivity contribution in [2.24, 2.45) is 0 Å². The maximum absolute atomic E-state index is 12.0. The second kappa shape index (κ2) is 8.24. The van der Waals surface area contributed by atoms with Crippen molar-refractivity contribution in [3.63, 3.8) is 0 Å². The molecule has 7 heteroatoms. The third-order valence-electron chi connectivity index (χ3n) is 3.24. The highest BCUT2D eigenvalue weighted by Gasteiger charge is 2.16. The predicted octanol–water partition coefficient (Wildman–Crippen LogP) is 2.44. The molecule has 0 fully saturated rings. The number of carbonyl (C=O) groups is 2. The topological polar surface area (TPSA) is 94.3 Å². The van der Waals surface area contributed by atoms with Gasteiger partial charge in [-0.1, -0.05) is 37.2 Å². The van der Waals surface area contributed by atoms with Gasteiger partial charge in [-0.25, -0.2) is 0 Å². The van der Waals surface area contributed by atoms with Gasteiger partial charge < -0.3 is 14.6 Å². The van der Waals surface area contributed by atoms with Crippen LogP contribution in [0, 0.1) is 0 Å². The molecule has 0 aliphatic heterocycles. The third kappa shape index (κ3) is 5.19. The van der Waals surface area contributed by atoms with E-state index in [0.29, 0.717) is 11.4 Å². The minimum absolute atomic E-state index is 0.0593. The summed E-state index contributed by atoms with van der Waals surface area (Å²) in [5, 5.41) is 6.55. The Kier molecular flexibility index (Phi) is 6.06. The fourth-order valence-corrected chi connectivity index (χ4v) is 1.96. The first kappa shape index (κ1) is 17.7. The maximum Gasteiger partial charge on any atom is 0.308 e. The molecule has 1 heterocycles. The molecule has 0 aliphatic rings. The molecule has 128 valence electrons. The zero-order chi connectivity index (χ0) is 17.5. The Hall–Kier alpha value is -2.70. The molecule has 0 radical (unpaired) electrons. The Morgan fingerprint density at radius 1 is 1.21 bits per heavy atom. The molecule has 1 aromatic carbocycles. The number of benzene rings is 1. The molecule has 1 unspecified atom stereocenters. The first-order valence-corrected chi connectivity index (χ1v) is 7.79. The van der Waals surface area contributed by atoms with Gasteiger partial charge in [0.05, 0.1) is 6.42 Å². The van der Waals surface area contributed by atoms with Gasteiger partial charge in [-0.15, -0.1) is 0 Å². The molecule has 1 amide bonds. The number of nitrogens with zero attached hydrogens (tertiary/aromatic N) is 2. The molecule has 7 nitrogen and oxygen atoms in total. The monoisotopic (exact) mass is 331 g/mol. The fourth-order valence-electron chi connectivity index (χ4n) is 1.96. The van der Waals surface area contributed by atoms with Crippen molar-refractivity contribution in [1.29, 1.82) is 0 Å². The van der Waals surface area contributed by atoms with Crippen LogP contribution in [-0.4, -0.2) is 28.1 Å². The molecule has 1 aromatic heterocycles. The Morgan fingerprint density at radius 3 is 2.54 bits per heavy atom. The third-order valence-corrected chi connectivity index (χ3v) is 3.24. The lowest BCUT2D eigenvalue weighted by molar-refractivity contribution is -0.146. The molecule has 0 saturated heterocycles. The highest BCUT2D eigenvalue weighted by molar-refractivity contribution is 5.94. The van der Waals surface area contributed by atoms with Crippen molar-refractivity contribution in [1.82, 2.24) is 15.5 Å². The fraction of sp³-hybridized carbons (Fsp3) is 0.412. The van der Waals surface area contributed by atoms with Crippen LogP contribution in [0.3, 0.4) is 0 Å². The number of hydrogen-bond donors (Lipinski definition) is 1. The van der Waals surface area contributed by atoms with E-state index in [0.717, 1.165) is 0 Å². The number of esters is 1. The summed E-state index contributed by atoms with van der Waals surface area (Å²) in [7, 11) is 0. The van der Waals surface area contributed by atoms with E-state index in [1.54, 1.807) is 31.2 Å². The van der Waals surface area contributed by atoms with Crippen molar-refractivity contribution in [3.8, 4) is 0 Å². The van der Waals surface area contributed by atoms with Gasteiger partial charge >= 0.3 is 5.97 Å². The number of rotatable bonds is 7. The van der Waals surface area contributed by atoms with Crippen LogP contribution in [0.1, 0.15) is 55.2 Å². The van der Waals surface area contributed by atoms with Gasteiger partial charge in [0.25, 0.3) is 11.8 Å². The summed E-state index contributed by atoms with van der Waals surface area (Å²) >= 11 is 0. The second-order valence-electron chi connectivity index (χ2n) is 5.81. The molecule has 0 bridgehead atoms. The summed E-state index contributed by atoms with van der Waals surface area (Å²) in [6, 6.07) is 8.47. The van der Waals surface area contributed by atoms with Gasteiger partial charge in [-0.05, 0) is 19.1 Å². The van der Waals surface area contributed by atoms with E-state index in [2.05, 4.69) is 15.5 Å². The van der Waals surface area contributed by atoms with Crippen molar-refractivity contribution >= 4 is 11.9 Å². The molecular formula is C17H21N3O4. The molecule has 2 aromatic rings. The van der Waals surface area contributed by atoms with Crippen LogP contribution in [-0.2, 0) is 16.1 Å². The Balaban J connectivity index is 1.76. The van der Waals surface area contributed by atoms with Crippen molar-refractivity contribution in [2.75, 3.05) is 0 Å². The van der Waals surface area contributed by atoms with Crippen molar-refractivity contribution in [3.05, 3.63) is 47.6 Å². The Bertz CT molecular complexity index is 682. The predicted molar refractivity (Wildman–Crippen MR) is 86.2 cm³/mol. The van der Waals surface area contributed by atoms with Crippen molar-refractivity contribution in [2.45, 2.75) is 45.8 Å². The van der Waals surface area contributed by atoms with Crippen LogP contribution in [0.15, 0.2) is 34.9 Å².